The van der Waals surface area contributed by atoms with Crippen LogP contribution in [0.3, 0.4) is 0 Å². The average Bonchev–Trinajstić information content (AvgIpc) is 2.88. The third-order valence-corrected chi connectivity index (χ3v) is 5.90. The molecule has 2 heterocycles. The zero-order valence-corrected chi connectivity index (χ0v) is 19.8. The number of esters is 1. The van der Waals surface area contributed by atoms with Gasteiger partial charge in [-0.1, -0.05) is 37.8 Å². The summed E-state index contributed by atoms with van der Waals surface area (Å²) in [6, 6.07) is 14.6. The van der Waals surface area contributed by atoms with Gasteiger partial charge in [0.25, 0.3) is 0 Å². The summed E-state index contributed by atoms with van der Waals surface area (Å²) in [6.07, 6.45) is 3.36. The van der Waals surface area contributed by atoms with Crippen molar-refractivity contribution in [3.8, 4) is 11.1 Å². The van der Waals surface area contributed by atoms with Gasteiger partial charge in [-0.25, -0.2) is 14.8 Å². The van der Waals surface area contributed by atoms with Gasteiger partial charge in [-0.2, -0.15) is 0 Å². The first-order valence-electron chi connectivity index (χ1n) is 11.6. The Bertz CT molecular complexity index is 1220. The number of nitrogens with zero attached hydrogens (tertiary/aromatic N) is 4. The minimum atomic E-state index is -0.916. The van der Waals surface area contributed by atoms with Gasteiger partial charge < -0.3 is 20.5 Å². The van der Waals surface area contributed by atoms with Crippen LogP contribution in [0.5, 0.6) is 0 Å². The van der Waals surface area contributed by atoms with Crippen molar-refractivity contribution in [2.75, 3.05) is 31.1 Å². The van der Waals surface area contributed by atoms with Crippen LogP contribution in [0.4, 0.5) is 5.95 Å². The average molecular weight is 505 g/mol. The SMILES string of the molecule is C.N=C(N)CC(=O)OCc1cccc(-c2cnc(N3CCN(Cc4ccc(C(=O)O)cc4)CC3)nc2)c1. The molecule has 0 bridgehead atoms. The minimum absolute atomic E-state index is 0. The second-order valence-electron chi connectivity index (χ2n) is 8.60. The van der Waals surface area contributed by atoms with Crippen LogP contribution in [0, 0.1) is 5.41 Å². The highest BCUT2D eigenvalue weighted by atomic mass is 16.5. The van der Waals surface area contributed by atoms with Crippen LogP contribution in [0.25, 0.3) is 11.1 Å². The molecular weight excluding hydrogens is 472 g/mol. The number of hydrogen-bond donors (Lipinski definition) is 3. The van der Waals surface area contributed by atoms with E-state index >= 15 is 0 Å². The summed E-state index contributed by atoms with van der Waals surface area (Å²) in [5.74, 6) is -0.990. The number of hydrogen-bond acceptors (Lipinski definition) is 8. The highest BCUT2D eigenvalue weighted by molar-refractivity contribution is 5.94. The van der Waals surface area contributed by atoms with Crippen LogP contribution in [-0.4, -0.2) is 63.9 Å². The number of aromatic carboxylic acids is 1. The van der Waals surface area contributed by atoms with Gasteiger partial charge in [-0.3, -0.25) is 15.1 Å². The molecule has 3 aromatic rings. The number of nitrogens with one attached hydrogen (secondary N) is 1. The highest BCUT2D eigenvalue weighted by Crippen LogP contribution is 2.21. The molecule has 4 rings (SSSR count). The van der Waals surface area contributed by atoms with Gasteiger partial charge in [0.15, 0.2) is 0 Å². The summed E-state index contributed by atoms with van der Waals surface area (Å²) in [5.41, 5.74) is 9.21. The first-order valence-corrected chi connectivity index (χ1v) is 11.6. The summed E-state index contributed by atoms with van der Waals surface area (Å²) in [5, 5.41) is 16.2. The number of aromatic nitrogens is 2. The van der Waals surface area contributed by atoms with Crippen LogP contribution >= 0.6 is 0 Å². The molecule has 0 radical (unpaired) electrons. The molecule has 1 aliphatic heterocycles. The molecule has 1 fully saturated rings. The van der Waals surface area contributed by atoms with Gasteiger partial charge in [-0.15, -0.1) is 0 Å². The fraction of sp³-hybridized carbons (Fsp3) is 0.296. The van der Waals surface area contributed by atoms with E-state index in [4.69, 9.17) is 21.0 Å². The van der Waals surface area contributed by atoms with Crippen LogP contribution in [0.1, 0.15) is 35.3 Å². The van der Waals surface area contributed by atoms with Gasteiger partial charge in [0.05, 0.1) is 5.56 Å². The Balaban J connectivity index is 0.00000380. The number of amidine groups is 1. The van der Waals surface area contributed by atoms with Crippen molar-refractivity contribution in [3.63, 3.8) is 0 Å². The fourth-order valence-electron chi connectivity index (χ4n) is 3.96. The first kappa shape index (κ1) is 27.3. The lowest BCUT2D eigenvalue weighted by Crippen LogP contribution is -2.46. The number of carboxylic acids is 1. The number of nitrogens with two attached hydrogens (primary N) is 1. The Morgan fingerprint density at radius 2 is 1.65 bits per heavy atom. The van der Waals surface area contributed by atoms with Crippen molar-refractivity contribution in [3.05, 3.63) is 77.6 Å². The van der Waals surface area contributed by atoms with Crippen LogP contribution in [-0.2, 0) is 22.7 Å². The predicted octanol–water partition coefficient (Wildman–Crippen LogP) is 3.17. The van der Waals surface area contributed by atoms with Gasteiger partial charge in [0, 0.05) is 50.7 Å². The Hall–Kier alpha value is -4.31. The van der Waals surface area contributed by atoms with Crippen LogP contribution < -0.4 is 10.6 Å². The Labute approximate surface area is 216 Å². The van der Waals surface area contributed by atoms with E-state index < -0.39 is 11.9 Å². The molecule has 0 aliphatic carbocycles. The van der Waals surface area contributed by atoms with Gasteiger partial charge in [0.2, 0.25) is 5.95 Å². The van der Waals surface area contributed by atoms with Crippen molar-refractivity contribution in [2.45, 2.75) is 27.0 Å². The molecule has 37 heavy (non-hydrogen) atoms. The maximum Gasteiger partial charge on any atom is 0.335 e. The van der Waals surface area contributed by atoms with E-state index in [2.05, 4.69) is 19.8 Å². The lowest BCUT2D eigenvalue weighted by molar-refractivity contribution is -0.143. The minimum Gasteiger partial charge on any atom is -0.478 e. The predicted molar refractivity (Wildman–Crippen MR) is 141 cm³/mol. The van der Waals surface area contributed by atoms with Gasteiger partial charge >= 0.3 is 11.9 Å². The van der Waals surface area contributed by atoms with E-state index in [1.54, 1.807) is 24.5 Å². The second-order valence-corrected chi connectivity index (χ2v) is 8.60. The normalized spacial score (nSPS) is 13.5. The molecular formula is C27H32N6O4. The molecule has 10 heteroatoms. The van der Waals surface area contributed by atoms with Crippen molar-refractivity contribution in [2.24, 2.45) is 5.73 Å². The van der Waals surface area contributed by atoms with E-state index in [1.807, 2.05) is 36.4 Å². The number of piperazine rings is 1. The molecule has 10 nitrogen and oxygen atoms in total. The third-order valence-electron chi connectivity index (χ3n) is 5.90. The molecule has 0 saturated carbocycles. The molecule has 0 amide bonds. The topological polar surface area (TPSA) is 146 Å². The summed E-state index contributed by atoms with van der Waals surface area (Å²) in [7, 11) is 0. The van der Waals surface area contributed by atoms with Crippen molar-refractivity contribution in [1.82, 2.24) is 14.9 Å². The number of carboxylic acid groups (broad SMARTS) is 1. The highest BCUT2D eigenvalue weighted by Gasteiger charge is 2.19. The van der Waals surface area contributed by atoms with E-state index in [9.17, 15) is 9.59 Å². The molecule has 1 aromatic heterocycles. The zero-order chi connectivity index (χ0) is 25.5. The fourth-order valence-corrected chi connectivity index (χ4v) is 3.96. The van der Waals surface area contributed by atoms with Gasteiger partial charge in [0.1, 0.15) is 18.9 Å². The Morgan fingerprint density at radius 3 is 2.27 bits per heavy atom. The number of benzene rings is 2. The largest absolute Gasteiger partial charge is 0.478 e. The summed E-state index contributed by atoms with van der Waals surface area (Å²) < 4.78 is 5.16. The number of ether oxygens (including phenoxy) is 1. The Kier molecular flexibility index (Phi) is 9.28. The second kappa shape index (κ2) is 12.6. The maximum atomic E-state index is 11.6. The molecule has 1 saturated heterocycles. The standard InChI is InChI=1S/C26H28N6O4.CH4/c27-23(28)13-24(33)36-17-19-2-1-3-21(12-19)22-14-29-26(30-15-22)32-10-8-31(9-11-32)16-18-4-6-20(7-5-18)25(34)35;/h1-7,12,14-15H,8-11,13,16-17H2,(H3,27,28)(H,34,35);1H4. The summed E-state index contributed by atoms with van der Waals surface area (Å²) >= 11 is 0. The molecule has 0 spiro atoms. The smallest absolute Gasteiger partial charge is 0.335 e. The maximum absolute atomic E-state index is 11.6. The lowest BCUT2D eigenvalue weighted by Gasteiger charge is -2.34. The van der Waals surface area contributed by atoms with Crippen LogP contribution in [0.2, 0.25) is 0 Å². The van der Waals surface area contributed by atoms with Crippen molar-refractivity contribution >= 4 is 23.7 Å². The zero-order valence-electron chi connectivity index (χ0n) is 19.8. The quantitative estimate of drug-likeness (QED) is 0.227. The van der Waals surface area contributed by atoms with E-state index in [-0.39, 0.29) is 26.3 Å². The van der Waals surface area contributed by atoms with Gasteiger partial charge in [-0.05, 0) is 34.9 Å². The summed E-state index contributed by atoms with van der Waals surface area (Å²) in [4.78, 5) is 36.3. The van der Waals surface area contributed by atoms with E-state index in [0.717, 1.165) is 55.0 Å². The van der Waals surface area contributed by atoms with Crippen molar-refractivity contribution < 1.29 is 19.4 Å². The third kappa shape index (κ3) is 7.58. The molecule has 0 unspecified atom stereocenters. The molecule has 194 valence electrons. The molecule has 4 N–H and O–H groups in total. The molecule has 2 aromatic carbocycles. The van der Waals surface area contributed by atoms with Crippen molar-refractivity contribution in [1.29, 1.82) is 5.41 Å². The van der Waals surface area contributed by atoms with E-state index in [0.29, 0.717) is 11.5 Å². The lowest BCUT2D eigenvalue weighted by atomic mass is 10.1. The number of rotatable bonds is 9. The number of carbonyl (C=O) groups excluding carboxylic acids is 1. The molecule has 1 aliphatic rings. The molecule has 0 atom stereocenters. The van der Waals surface area contributed by atoms with Crippen LogP contribution in [0.15, 0.2) is 60.9 Å². The Morgan fingerprint density at radius 1 is 0.973 bits per heavy atom. The van der Waals surface area contributed by atoms with E-state index in [1.165, 1.54) is 0 Å². The summed E-state index contributed by atoms with van der Waals surface area (Å²) in [6.45, 7) is 4.19. The number of anilines is 1. The first-order chi connectivity index (χ1) is 17.4. The number of carbonyl (C=O) groups is 2. The monoisotopic (exact) mass is 504 g/mol.